The summed E-state index contributed by atoms with van der Waals surface area (Å²) < 4.78 is 5.55. The molecule has 0 atom stereocenters. The fourth-order valence-corrected chi connectivity index (χ4v) is 1.66. The van der Waals surface area contributed by atoms with E-state index in [9.17, 15) is 0 Å². The number of hydrogen-bond acceptors (Lipinski definition) is 1. The molecule has 0 aromatic heterocycles. The molecule has 1 aromatic rings. The first-order valence-electron chi connectivity index (χ1n) is 5.46. The molecule has 0 N–H and O–H groups in total. The van der Waals surface area contributed by atoms with Crippen LogP contribution in [0.2, 0.25) is 0 Å². The summed E-state index contributed by atoms with van der Waals surface area (Å²) >= 11 is 0. The van der Waals surface area contributed by atoms with Gasteiger partial charge in [-0.15, -0.1) is 0 Å². The molecule has 0 bridgehead atoms. The minimum Gasteiger partial charge on any atom is -0.496 e. The second-order valence-corrected chi connectivity index (χ2v) is 3.78. The highest BCUT2D eigenvalue weighted by molar-refractivity contribution is 5.19. The van der Waals surface area contributed by atoms with E-state index in [4.69, 9.17) is 4.74 Å². The average molecular weight is 200 g/mol. The van der Waals surface area contributed by atoms with Crippen LogP contribution < -0.4 is 0 Å². The highest BCUT2D eigenvalue weighted by Gasteiger charge is 1.98. The summed E-state index contributed by atoms with van der Waals surface area (Å²) in [6.07, 6.45) is 9.86. The standard InChI is InChI=1S/C14H16O/c1-3-7-13(8-4-1)11-15-12-14-9-5-2-6-10-14/h1,3-5,7-9,12H,2,6,10-11H2. The lowest BCUT2D eigenvalue weighted by Gasteiger charge is -2.07. The Bertz CT molecular complexity index is 349. The Morgan fingerprint density at radius 1 is 1.20 bits per heavy atom. The van der Waals surface area contributed by atoms with Gasteiger partial charge in [-0.3, -0.25) is 0 Å². The molecule has 0 fully saturated rings. The van der Waals surface area contributed by atoms with Crippen molar-refractivity contribution in [1.82, 2.24) is 0 Å². The molecule has 1 heteroatoms. The average Bonchev–Trinajstić information content (AvgIpc) is 2.32. The van der Waals surface area contributed by atoms with Crippen molar-refractivity contribution in [3.05, 3.63) is 59.9 Å². The molecule has 2 rings (SSSR count). The van der Waals surface area contributed by atoms with Crippen molar-refractivity contribution < 1.29 is 4.74 Å². The second-order valence-electron chi connectivity index (χ2n) is 3.78. The van der Waals surface area contributed by atoms with Crippen LogP contribution in [0.5, 0.6) is 0 Å². The van der Waals surface area contributed by atoms with Crippen LogP contribution in [0.25, 0.3) is 0 Å². The summed E-state index contributed by atoms with van der Waals surface area (Å²) in [6, 6.07) is 10.2. The molecular formula is C14H16O. The van der Waals surface area contributed by atoms with Crippen LogP contribution >= 0.6 is 0 Å². The molecule has 1 aliphatic rings. The van der Waals surface area contributed by atoms with Crippen LogP contribution in [-0.2, 0) is 11.3 Å². The van der Waals surface area contributed by atoms with Gasteiger partial charge in [0, 0.05) is 0 Å². The van der Waals surface area contributed by atoms with E-state index < -0.39 is 0 Å². The quantitative estimate of drug-likeness (QED) is 0.674. The number of ether oxygens (including phenoxy) is 1. The van der Waals surface area contributed by atoms with Crippen molar-refractivity contribution in [3.63, 3.8) is 0 Å². The number of benzene rings is 1. The van der Waals surface area contributed by atoms with Gasteiger partial charge < -0.3 is 4.74 Å². The fourth-order valence-electron chi connectivity index (χ4n) is 1.66. The first-order chi connectivity index (χ1) is 7.45. The summed E-state index contributed by atoms with van der Waals surface area (Å²) in [5, 5.41) is 0. The van der Waals surface area contributed by atoms with Crippen molar-refractivity contribution in [2.24, 2.45) is 0 Å². The second kappa shape index (κ2) is 5.40. The Morgan fingerprint density at radius 2 is 2.07 bits per heavy atom. The highest BCUT2D eigenvalue weighted by Crippen LogP contribution is 2.16. The topological polar surface area (TPSA) is 9.23 Å². The Balaban J connectivity index is 1.84. The van der Waals surface area contributed by atoms with Gasteiger partial charge in [0.1, 0.15) is 6.61 Å². The van der Waals surface area contributed by atoms with Crippen molar-refractivity contribution >= 4 is 0 Å². The molecule has 0 amide bonds. The first kappa shape index (κ1) is 10.0. The lowest BCUT2D eigenvalue weighted by atomic mass is 10.0. The monoisotopic (exact) mass is 200 g/mol. The molecule has 0 radical (unpaired) electrons. The van der Waals surface area contributed by atoms with E-state index in [1.165, 1.54) is 24.0 Å². The third-order valence-electron chi connectivity index (χ3n) is 2.50. The van der Waals surface area contributed by atoms with Crippen LogP contribution in [0.4, 0.5) is 0 Å². The van der Waals surface area contributed by atoms with Gasteiger partial charge in [0.05, 0.1) is 6.26 Å². The summed E-state index contributed by atoms with van der Waals surface area (Å²) in [5.74, 6) is 0. The zero-order valence-corrected chi connectivity index (χ0v) is 8.86. The van der Waals surface area contributed by atoms with E-state index in [1.807, 2.05) is 24.5 Å². The third kappa shape index (κ3) is 3.28. The molecule has 0 heterocycles. The Labute approximate surface area is 91.1 Å². The molecule has 0 aliphatic heterocycles. The number of rotatable bonds is 3. The van der Waals surface area contributed by atoms with Crippen LogP contribution in [0.3, 0.4) is 0 Å². The van der Waals surface area contributed by atoms with Gasteiger partial charge in [0.15, 0.2) is 0 Å². The van der Waals surface area contributed by atoms with E-state index in [2.05, 4.69) is 24.3 Å². The molecule has 1 aromatic carbocycles. The highest BCUT2D eigenvalue weighted by atomic mass is 16.5. The van der Waals surface area contributed by atoms with Gasteiger partial charge in [-0.05, 0) is 30.4 Å². The van der Waals surface area contributed by atoms with Crippen molar-refractivity contribution in [3.8, 4) is 0 Å². The predicted octanol–water partition coefficient (Wildman–Crippen LogP) is 3.83. The van der Waals surface area contributed by atoms with Gasteiger partial charge in [0.25, 0.3) is 0 Å². The molecular weight excluding hydrogens is 184 g/mol. The molecule has 0 spiro atoms. The molecule has 0 saturated carbocycles. The summed E-state index contributed by atoms with van der Waals surface area (Å²) in [5.41, 5.74) is 2.52. The molecule has 1 aliphatic carbocycles. The SMILES string of the molecule is C1=CC(=COCc2ccccc2)CCC1. The van der Waals surface area contributed by atoms with E-state index in [0.717, 1.165) is 6.42 Å². The molecule has 1 nitrogen and oxygen atoms in total. The van der Waals surface area contributed by atoms with Crippen LogP contribution in [-0.4, -0.2) is 0 Å². The van der Waals surface area contributed by atoms with Crippen LogP contribution in [0.15, 0.2) is 54.3 Å². The van der Waals surface area contributed by atoms with E-state index in [1.54, 1.807) is 0 Å². The summed E-state index contributed by atoms with van der Waals surface area (Å²) in [6.45, 7) is 0.665. The predicted molar refractivity (Wildman–Crippen MR) is 62.3 cm³/mol. The maximum atomic E-state index is 5.55. The Hall–Kier alpha value is -1.50. The lowest BCUT2D eigenvalue weighted by Crippen LogP contribution is -1.90. The minimum atomic E-state index is 0.665. The first-order valence-corrected chi connectivity index (χ1v) is 5.46. The zero-order chi connectivity index (χ0) is 10.3. The fraction of sp³-hybridized carbons (Fsp3) is 0.286. The van der Waals surface area contributed by atoms with Crippen molar-refractivity contribution in [1.29, 1.82) is 0 Å². The van der Waals surface area contributed by atoms with Gasteiger partial charge in [-0.2, -0.15) is 0 Å². The smallest absolute Gasteiger partial charge is 0.112 e. The lowest BCUT2D eigenvalue weighted by molar-refractivity contribution is 0.233. The number of allylic oxidation sites excluding steroid dienone is 3. The maximum Gasteiger partial charge on any atom is 0.112 e. The van der Waals surface area contributed by atoms with E-state index >= 15 is 0 Å². The largest absolute Gasteiger partial charge is 0.496 e. The Morgan fingerprint density at radius 3 is 2.80 bits per heavy atom. The van der Waals surface area contributed by atoms with Crippen LogP contribution in [0, 0.1) is 0 Å². The van der Waals surface area contributed by atoms with Crippen molar-refractivity contribution in [2.75, 3.05) is 0 Å². The minimum absolute atomic E-state index is 0.665. The zero-order valence-electron chi connectivity index (χ0n) is 8.86. The summed E-state index contributed by atoms with van der Waals surface area (Å²) in [7, 11) is 0. The molecule has 78 valence electrons. The van der Waals surface area contributed by atoms with Gasteiger partial charge >= 0.3 is 0 Å². The number of hydrogen-bond donors (Lipinski definition) is 0. The van der Waals surface area contributed by atoms with Crippen molar-refractivity contribution in [2.45, 2.75) is 25.9 Å². The van der Waals surface area contributed by atoms with E-state index in [-0.39, 0.29) is 0 Å². The van der Waals surface area contributed by atoms with Crippen LogP contribution in [0.1, 0.15) is 24.8 Å². The van der Waals surface area contributed by atoms with Gasteiger partial charge in [0.2, 0.25) is 0 Å². The molecule has 0 unspecified atom stereocenters. The van der Waals surface area contributed by atoms with E-state index in [0.29, 0.717) is 6.61 Å². The molecule has 0 saturated heterocycles. The third-order valence-corrected chi connectivity index (χ3v) is 2.50. The molecule has 15 heavy (non-hydrogen) atoms. The summed E-state index contributed by atoms with van der Waals surface area (Å²) in [4.78, 5) is 0. The normalized spacial score (nSPS) is 18.0. The van der Waals surface area contributed by atoms with Gasteiger partial charge in [-0.25, -0.2) is 0 Å². The van der Waals surface area contributed by atoms with Gasteiger partial charge in [-0.1, -0.05) is 42.5 Å². The Kier molecular flexibility index (Phi) is 3.61. The maximum absolute atomic E-state index is 5.55.